The van der Waals surface area contributed by atoms with E-state index in [0.29, 0.717) is 6.54 Å². The maximum Gasteiger partial charge on any atom is 0.339 e. The Hall–Kier alpha value is -1.32. The van der Waals surface area contributed by atoms with Gasteiger partial charge in [0.25, 0.3) is 0 Å². The molecule has 4 nitrogen and oxygen atoms in total. The predicted octanol–water partition coefficient (Wildman–Crippen LogP) is -0.632. The van der Waals surface area contributed by atoms with Crippen LogP contribution in [0.3, 0.4) is 0 Å². The summed E-state index contributed by atoms with van der Waals surface area (Å²) in [4.78, 5) is 13.8. The quantitative estimate of drug-likeness (QED) is 0.491. The third-order valence-electron chi connectivity index (χ3n) is 1.06. The minimum Gasteiger partial charge on any atom is -0.478 e. The summed E-state index contributed by atoms with van der Waals surface area (Å²) in [6, 6.07) is 0. The van der Waals surface area contributed by atoms with Crippen LogP contribution in [0.1, 0.15) is 0 Å². The van der Waals surface area contributed by atoms with Crippen molar-refractivity contribution < 1.29 is 9.90 Å². The van der Waals surface area contributed by atoms with Gasteiger partial charge in [-0.1, -0.05) is 0 Å². The number of aliphatic carboxylic acids is 1. The third-order valence-corrected chi connectivity index (χ3v) is 1.06. The topological polar surface area (TPSA) is 75.7 Å². The Kier molecular flexibility index (Phi) is 1.22. The molecule has 0 aromatic heterocycles. The van der Waals surface area contributed by atoms with Crippen LogP contribution in [0.2, 0.25) is 0 Å². The van der Waals surface area contributed by atoms with Crippen LogP contribution in [0.4, 0.5) is 0 Å². The molecule has 1 aliphatic rings. The summed E-state index contributed by atoms with van der Waals surface area (Å²) in [5.74, 6) is -0.878. The smallest absolute Gasteiger partial charge is 0.339 e. The first kappa shape index (κ1) is 5.81. The Morgan fingerprint density at radius 1 is 1.89 bits per heavy atom. The molecule has 0 amide bonds. The SMILES string of the molecule is NC1=NCC=C1C(=O)O. The first-order valence-electron chi connectivity index (χ1n) is 2.45. The predicted molar refractivity (Wildman–Crippen MR) is 32.2 cm³/mol. The molecule has 0 atom stereocenters. The van der Waals surface area contributed by atoms with Crippen LogP contribution in [0.25, 0.3) is 0 Å². The fourth-order valence-electron chi connectivity index (χ4n) is 0.622. The van der Waals surface area contributed by atoms with Gasteiger partial charge in [-0.05, 0) is 6.08 Å². The molecule has 1 heterocycles. The van der Waals surface area contributed by atoms with Gasteiger partial charge >= 0.3 is 5.97 Å². The van der Waals surface area contributed by atoms with Crippen LogP contribution in [-0.4, -0.2) is 23.5 Å². The van der Waals surface area contributed by atoms with E-state index in [4.69, 9.17) is 10.8 Å². The summed E-state index contributed by atoms with van der Waals surface area (Å²) in [7, 11) is 0. The Balaban J connectivity index is 2.84. The number of amidine groups is 1. The third kappa shape index (κ3) is 0.910. The van der Waals surface area contributed by atoms with E-state index in [1.54, 1.807) is 0 Å². The number of carboxylic acid groups (broad SMARTS) is 1. The van der Waals surface area contributed by atoms with Gasteiger partial charge in [-0.15, -0.1) is 0 Å². The highest BCUT2D eigenvalue weighted by Gasteiger charge is 2.14. The fraction of sp³-hybridized carbons (Fsp3) is 0.200. The summed E-state index contributed by atoms with van der Waals surface area (Å²) in [6.45, 7) is 0.396. The molecule has 0 aromatic carbocycles. The lowest BCUT2D eigenvalue weighted by molar-refractivity contribution is -0.132. The summed E-state index contributed by atoms with van der Waals surface area (Å²) < 4.78 is 0. The number of nitrogens with zero attached hydrogens (tertiary/aromatic N) is 1. The highest BCUT2D eigenvalue weighted by Crippen LogP contribution is 2.01. The first-order valence-corrected chi connectivity index (χ1v) is 2.45. The van der Waals surface area contributed by atoms with E-state index >= 15 is 0 Å². The summed E-state index contributed by atoms with van der Waals surface area (Å²) in [6.07, 6.45) is 1.48. The zero-order chi connectivity index (χ0) is 6.85. The van der Waals surface area contributed by atoms with Crippen LogP contribution in [0, 0.1) is 0 Å². The molecule has 48 valence electrons. The molecule has 0 saturated carbocycles. The molecular weight excluding hydrogens is 120 g/mol. The molecule has 0 aliphatic carbocycles. The summed E-state index contributed by atoms with van der Waals surface area (Å²) in [5.41, 5.74) is 5.30. The average molecular weight is 126 g/mol. The van der Waals surface area contributed by atoms with Crippen molar-refractivity contribution >= 4 is 11.8 Å². The van der Waals surface area contributed by atoms with Gasteiger partial charge in [-0.25, -0.2) is 4.79 Å². The van der Waals surface area contributed by atoms with Gasteiger partial charge < -0.3 is 10.8 Å². The molecular formula is C5H6N2O2. The van der Waals surface area contributed by atoms with Crippen LogP contribution >= 0.6 is 0 Å². The fourth-order valence-corrected chi connectivity index (χ4v) is 0.622. The zero-order valence-electron chi connectivity index (χ0n) is 4.66. The van der Waals surface area contributed by atoms with E-state index in [9.17, 15) is 4.79 Å². The van der Waals surface area contributed by atoms with Gasteiger partial charge in [0.1, 0.15) is 5.84 Å². The normalized spacial score (nSPS) is 16.9. The molecule has 4 heteroatoms. The van der Waals surface area contributed by atoms with Gasteiger partial charge in [0.15, 0.2) is 0 Å². The molecule has 0 saturated heterocycles. The van der Waals surface area contributed by atoms with E-state index in [-0.39, 0.29) is 11.4 Å². The van der Waals surface area contributed by atoms with Crippen LogP contribution in [0.15, 0.2) is 16.6 Å². The van der Waals surface area contributed by atoms with Crippen molar-refractivity contribution in [2.24, 2.45) is 10.7 Å². The second-order valence-corrected chi connectivity index (χ2v) is 1.65. The Bertz CT molecular complexity index is 205. The maximum absolute atomic E-state index is 10.2. The highest BCUT2D eigenvalue weighted by atomic mass is 16.4. The number of carbonyl (C=O) groups is 1. The molecule has 0 fully saturated rings. The van der Waals surface area contributed by atoms with Crippen LogP contribution in [-0.2, 0) is 4.79 Å². The minimum absolute atomic E-state index is 0.120. The van der Waals surface area contributed by atoms with Gasteiger partial charge in [0, 0.05) is 0 Å². The number of carboxylic acids is 1. The summed E-state index contributed by atoms with van der Waals surface area (Å²) in [5, 5.41) is 8.35. The van der Waals surface area contributed by atoms with E-state index in [0.717, 1.165) is 0 Å². The second kappa shape index (κ2) is 1.89. The standard InChI is InChI=1S/C5H6N2O2/c6-4-3(5(8)9)1-2-7-4/h1H,2H2,(H2,6,7)(H,8,9). The first-order chi connectivity index (χ1) is 4.22. The number of hydrogen-bond acceptors (Lipinski definition) is 3. The number of aliphatic imine (C=N–C) groups is 1. The summed E-state index contributed by atoms with van der Waals surface area (Å²) >= 11 is 0. The van der Waals surface area contributed by atoms with Crippen molar-refractivity contribution in [1.29, 1.82) is 0 Å². The molecule has 9 heavy (non-hydrogen) atoms. The number of rotatable bonds is 1. The van der Waals surface area contributed by atoms with Crippen molar-refractivity contribution in [2.75, 3.05) is 6.54 Å². The largest absolute Gasteiger partial charge is 0.478 e. The van der Waals surface area contributed by atoms with E-state index in [1.807, 2.05) is 0 Å². The van der Waals surface area contributed by atoms with Crippen molar-refractivity contribution in [3.8, 4) is 0 Å². The van der Waals surface area contributed by atoms with Crippen molar-refractivity contribution in [3.05, 3.63) is 11.6 Å². The van der Waals surface area contributed by atoms with E-state index in [1.165, 1.54) is 6.08 Å². The molecule has 0 spiro atoms. The zero-order valence-corrected chi connectivity index (χ0v) is 4.66. The average Bonchev–Trinajstić information content (AvgIpc) is 2.13. The molecule has 0 bridgehead atoms. The second-order valence-electron chi connectivity index (χ2n) is 1.65. The molecule has 0 aromatic rings. The monoisotopic (exact) mass is 126 g/mol. The van der Waals surface area contributed by atoms with Crippen molar-refractivity contribution in [2.45, 2.75) is 0 Å². The lowest BCUT2D eigenvalue weighted by atomic mass is 10.3. The van der Waals surface area contributed by atoms with E-state index in [2.05, 4.69) is 4.99 Å². The molecule has 0 unspecified atom stereocenters. The van der Waals surface area contributed by atoms with Crippen LogP contribution < -0.4 is 5.73 Å². The molecule has 1 aliphatic heterocycles. The van der Waals surface area contributed by atoms with Gasteiger partial charge in [-0.2, -0.15) is 0 Å². The highest BCUT2D eigenvalue weighted by molar-refractivity contribution is 6.18. The van der Waals surface area contributed by atoms with Gasteiger partial charge in [-0.3, -0.25) is 4.99 Å². The Labute approximate surface area is 51.7 Å². The lowest BCUT2D eigenvalue weighted by Crippen LogP contribution is -2.17. The van der Waals surface area contributed by atoms with Crippen molar-refractivity contribution in [1.82, 2.24) is 0 Å². The molecule has 0 radical (unpaired) electrons. The molecule has 1 rings (SSSR count). The maximum atomic E-state index is 10.2. The van der Waals surface area contributed by atoms with Crippen molar-refractivity contribution in [3.63, 3.8) is 0 Å². The molecule has 3 N–H and O–H groups in total. The van der Waals surface area contributed by atoms with Gasteiger partial charge in [0.2, 0.25) is 0 Å². The number of nitrogens with two attached hydrogens (primary N) is 1. The Morgan fingerprint density at radius 3 is 2.78 bits per heavy atom. The van der Waals surface area contributed by atoms with Crippen LogP contribution in [0.5, 0.6) is 0 Å². The van der Waals surface area contributed by atoms with E-state index < -0.39 is 5.97 Å². The Morgan fingerprint density at radius 2 is 2.56 bits per heavy atom. The minimum atomic E-state index is -1.01. The number of hydrogen-bond donors (Lipinski definition) is 2. The lowest BCUT2D eigenvalue weighted by Gasteiger charge is -1.90. The van der Waals surface area contributed by atoms with Gasteiger partial charge in [0.05, 0.1) is 12.1 Å².